The number of aromatic nitrogens is 1. The van der Waals surface area contributed by atoms with Gasteiger partial charge in [-0.05, 0) is 78.9 Å². The van der Waals surface area contributed by atoms with Gasteiger partial charge in [-0.1, -0.05) is 18.2 Å². The number of hydrogen-bond donors (Lipinski definition) is 4. The number of nitrogens with zero attached hydrogens (tertiary/aromatic N) is 3. The Bertz CT molecular complexity index is 1220. The van der Waals surface area contributed by atoms with Crippen molar-refractivity contribution in [3.8, 4) is 0 Å². The van der Waals surface area contributed by atoms with E-state index in [0.717, 1.165) is 38.6 Å². The number of benzene rings is 1. The predicted molar refractivity (Wildman–Crippen MR) is 147 cm³/mol. The number of halogens is 1. The standard InChI is InChI=1S/C26H36BrN7O2/c1-4-33(5-2)24(35)15-12-17-16-8-6-10-20-22(16)18(13-21(17)32(3)14-15)23(27)34(20)25(36)19(28)9-7-11-31-26(29)30/h6,8,10,12,15,19,21H,4-5,7,9,11,13-14,28H2,1-3H3,(H4,29,30,31)/t15-,19+,21-/m1/s1. The van der Waals surface area contributed by atoms with Gasteiger partial charge in [-0.15, -0.1) is 0 Å². The number of amides is 1. The van der Waals surface area contributed by atoms with Crippen molar-refractivity contribution in [2.24, 2.45) is 17.4 Å². The molecule has 2 aliphatic rings. The lowest BCUT2D eigenvalue weighted by Gasteiger charge is -2.40. The van der Waals surface area contributed by atoms with Crippen LogP contribution in [0.2, 0.25) is 0 Å². The zero-order valence-electron chi connectivity index (χ0n) is 21.2. The molecule has 1 amide bonds. The Morgan fingerprint density at radius 3 is 2.69 bits per heavy atom. The molecule has 194 valence electrons. The van der Waals surface area contributed by atoms with Crippen LogP contribution >= 0.6 is 15.9 Å². The van der Waals surface area contributed by atoms with Crippen molar-refractivity contribution in [1.82, 2.24) is 19.7 Å². The topological polar surface area (TPSA) is 133 Å². The molecule has 2 heterocycles. The summed E-state index contributed by atoms with van der Waals surface area (Å²) < 4.78 is 2.45. The molecule has 1 aromatic heterocycles. The van der Waals surface area contributed by atoms with Crippen LogP contribution < -0.4 is 16.8 Å². The lowest BCUT2D eigenvalue weighted by atomic mass is 9.79. The third kappa shape index (κ3) is 4.69. The van der Waals surface area contributed by atoms with E-state index in [1.54, 1.807) is 4.57 Å². The molecule has 1 aliphatic heterocycles. The van der Waals surface area contributed by atoms with Gasteiger partial charge in [-0.25, -0.2) is 0 Å². The molecule has 6 N–H and O–H groups in total. The van der Waals surface area contributed by atoms with Gasteiger partial charge < -0.3 is 21.7 Å². The van der Waals surface area contributed by atoms with Crippen LogP contribution in [0.5, 0.6) is 0 Å². The van der Waals surface area contributed by atoms with Crippen LogP contribution in [-0.4, -0.2) is 77.5 Å². The molecule has 0 unspecified atom stereocenters. The minimum Gasteiger partial charge on any atom is -0.370 e. The van der Waals surface area contributed by atoms with E-state index in [-0.39, 0.29) is 29.7 Å². The van der Waals surface area contributed by atoms with Crippen LogP contribution in [0, 0.1) is 11.3 Å². The Morgan fingerprint density at radius 1 is 1.31 bits per heavy atom. The molecule has 0 saturated carbocycles. The normalized spacial score (nSPS) is 20.0. The fourth-order valence-corrected chi connectivity index (χ4v) is 6.29. The van der Waals surface area contributed by atoms with E-state index in [4.69, 9.17) is 16.9 Å². The zero-order valence-corrected chi connectivity index (χ0v) is 22.8. The molecule has 4 rings (SSSR count). The van der Waals surface area contributed by atoms with E-state index in [9.17, 15) is 9.59 Å². The fourth-order valence-electron chi connectivity index (χ4n) is 5.57. The molecule has 10 heteroatoms. The lowest BCUT2D eigenvalue weighted by molar-refractivity contribution is -0.134. The maximum absolute atomic E-state index is 13.5. The largest absolute Gasteiger partial charge is 0.370 e. The molecule has 2 aromatic rings. The minimum absolute atomic E-state index is 0.0913. The number of hydrogen-bond acceptors (Lipinski definition) is 5. The van der Waals surface area contributed by atoms with Crippen LogP contribution in [0.3, 0.4) is 0 Å². The van der Waals surface area contributed by atoms with Crippen LogP contribution in [0.15, 0.2) is 28.9 Å². The van der Waals surface area contributed by atoms with Crippen LogP contribution in [0.4, 0.5) is 0 Å². The van der Waals surface area contributed by atoms with Crippen LogP contribution in [-0.2, 0) is 11.2 Å². The number of guanidine groups is 1. The highest BCUT2D eigenvalue weighted by molar-refractivity contribution is 9.10. The first-order valence-electron chi connectivity index (χ1n) is 12.6. The second kappa shape index (κ2) is 10.7. The van der Waals surface area contributed by atoms with Gasteiger partial charge >= 0.3 is 0 Å². The molecule has 1 aliphatic carbocycles. The predicted octanol–water partition coefficient (Wildman–Crippen LogP) is 2.37. The van der Waals surface area contributed by atoms with E-state index in [2.05, 4.69) is 45.3 Å². The molecule has 36 heavy (non-hydrogen) atoms. The van der Waals surface area contributed by atoms with Gasteiger partial charge in [0.1, 0.15) is 0 Å². The van der Waals surface area contributed by atoms with E-state index >= 15 is 0 Å². The molecule has 0 spiro atoms. The van der Waals surface area contributed by atoms with Crippen molar-refractivity contribution >= 4 is 50.2 Å². The summed E-state index contributed by atoms with van der Waals surface area (Å²) in [6.45, 7) is 6.59. The lowest BCUT2D eigenvalue weighted by Crippen LogP contribution is -2.47. The van der Waals surface area contributed by atoms with Gasteiger partial charge in [0.25, 0.3) is 0 Å². The Kier molecular flexibility index (Phi) is 7.87. The molecular formula is C26H36BrN7O2. The summed E-state index contributed by atoms with van der Waals surface area (Å²) in [6, 6.07) is 5.48. The number of rotatable bonds is 8. The average Bonchev–Trinajstić information content (AvgIpc) is 3.14. The van der Waals surface area contributed by atoms with Crippen LogP contribution in [0.1, 0.15) is 42.6 Å². The number of carbonyl (C=O) groups excluding carboxylic acids is 2. The van der Waals surface area contributed by atoms with Crippen molar-refractivity contribution in [1.29, 1.82) is 5.41 Å². The van der Waals surface area contributed by atoms with Crippen molar-refractivity contribution in [2.75, 3.05) is 33.2 Å². The second-order valence-corrected chi connectivity index (χ2v) is 10.4. The van der Waals surface area contributed by atoms with E-state index in [1.165, 1.54) is 0 Å². The van der Waals surface area contributed by atoms with E-state index < -0.39 is 6.04 Å². The molecule has 9 nitrogen and oxygen atoms in total. The van der Waals surface area contributed by atoms with Gasteiger partial charge in [-0.2, -0.15) is 0 Å². The molecule has 0 radical (unpaired) electrons. The third-order valence-electron chi connectivity index (χ3n) is 7.43. The van der Waals surface area contributed by atoms with Gasteiger partial charge in [0.15, 0.2) is 5.96 Å². The molecular weight excluding hydrogens is 522 g/mol. The summed E-state index contributed by atoms with van der Waals surface area (Å²) in [5.41, 5.74) is 15.8. The molecule has 0 bridgehead atoms. The summed E-state index contributed by atoms with van der Waals surface area (Å²) in [6.07, 6.45) is 4.01. The Labute approximate surface area is 220 Å². The monoisotopic (exact) mass is 557 g/mol. The van der Waals surface area contributed by atoms with Crippen molar-refractivity contribution in [3.05, 3.63) is 40.0 Å². The minimum atomic E-state index is -0.678. The van der Waals surface area contributed by atoms with Crippen molar-refractivity contribution in [2.45, 2.75) is 45.2 Å². The quantitative estimate of drug-likeness (QED) is 0.223. The number of carbonyl (C=O) groups is 2. The maximum Gasteiger partial charge on any atom is 0.248 e. The summed E-state index contributed by atoms with van der Waals surface area (Å²) in [7, 11) is 2.08. The fraction of sp³-hybridized carbons (Fsp3) is 0.500. The summed E-state index contributed by atoms with van der Waals surface area (Å²) in [5, 5.41) is 11.1. The first kappa shape index (κ1) is 26.4. The Hall–Kier alpha value is -2.69. The highest BCUT2D eigenvalue weighted by atomic mass is 79.9. The van der Waals surface area contributed by atoms with Gasteiger partial charge in [0.05, 0.1) is 22.1 Å². The first-order valence-corrected chi connectivity index (χ1v) is 13.4. The van der Waals surface area contributed by atoms with Gasteiger partial charge in [0, 0.05) is 37.6 Å². The highest BCUT2D eigenvalue weighted by Crippen LogP contribution is 2.45. The maximum atomic E-state index is 13.5. The van der Waals surface area contributed by atoms with Gasteiger partial charge in [0.2, 0.25) is 11.8 Å². The zero-order chi connectivity index (χ0) is 26.1. The van der Waals surface area contributed by atoms with Crippen LogP contribution in [0.25, 0.3) is 16.5 Å². The number of likely N-dealkylation sites (N-methyl/N-ethyl adjacent to an activating group) is 1. The molecule has 1 aromatic carbocycles. The van der Waals surface area contributed by atoms with E-state index in [1.807, 2.05) is 30.9 Å². The molecule has 0 saturated heterocycles. The summed E-state index contributed by atoms with van der Waals surface area (Å²) >= 11 is 3.73. The average molecular weight is 559 g/mol. The first-order chi connectivity index (χ1) is 17.2. The molecule has 0 fully saturated rings. The summed E-state index contributed by atoms with van der Waals surface area (Å²) in [4.78, 5) is 30.8. The van der Waals surface area contributed by atoms with Crippen molar-refractivity contribution in [3.63, 3.8) is 0 Å². The summed E-state index contributed by atoms with van der Waals surface area (Å²) in [5.74, 6) is -0.289. The number of nitrogens with one attached hydrogen (secondary N) is 2. The molecule has 3 atom stereocenters. The smallest absolute Gasteiger partial charge is 0.248 e. The second-order valence-electron chi connectivity index (χ2n) is 9.63. The Balaban J connectivity index is 1.70. The highest BCUT2D eigenvalue weighted by Gasteiger charge is 2.38. The third-order valence-corrected chi connectivity index (χ3v) is 8.27. The van der Waals surface area contributed by atoms with E-state index in [0.29, 0.717) is 39.0 Å². The van der Waals surface area contributed by atoms with Crippen molar-refractivity contribution < 1.29 is 9.59 Å². The Morgan fingerprint density at radius 2 is 2.03 bits per heavy atom. The SMILES string of the molecule is CCN(CC)C(=O)[C@@H]1C=C2c3cccc4c3c(c(Br)n4C(=O)[C@@H](N)CCCNC(=N)N)C[C@H]2N(C)C1. The number of nitrogens with two attached hydrogens (primary N) is 2. The number of fused-ring (bicyclic) bond motifs is 2. The van der Waals surface area contributed by atoms with Gasteiger partial charge in [-0.3, -0.25) is 24.5 Å².